The molecule has 124 valence electrons. The Labute approximate surface area is 128 Å². The van der Waals surface area contributed by atoms with Crippen LogP contribution in [0.4, 0.5) is 19.2 Å². The summed E-state index contributed by atoms with van der Waals surface area (Å²) in [6.07, 6.45) is -2.96. The van der Waals surface area contributed by atoms with Crippen molar-refractivity contribution in [2.24, 2.45) is 0 Å². The molecule has 1 aromatic heterocycles. The van der Waals surface area contributed by atoms with Crippen LogP contribution in [-0.2, 0) is 15.9 Å². The van der Waals surface area contributed by atoms with Crippen molar-refractivity contribution in [1.82, 2.24) is 10.2 Å². The van der Waals surface area contributed by atoms with Crippen molar-refractivity contribution in [3.8, 4) is 0 Å². The Kier molecular flexibility index (Phi) is 4.16. The van der Waals surface area contributed by atoms with Gasteiger partial charge in [-0.15, -0.1) is 5.10 Å². The van der Waals surface area contributed by atoms with Gasteiger partial charge in [-0.05, 0) is 24.6 Å². The zero-order valence-corrected chi connectivity index (χ0v) is 12.7. The molecule has 0 aliphatic heterocycles. The molecule has 0 aliphatic rings. The highest BCUT2D eigenvalue weighted by atomic mass is 32.2. The summed E-state index contributed by atoms with van der Waals surface area (Å²) in [6, 6.07) is 1.33. The first-order chi connectivity index (χ1) is 10.5. The smallest absolute Gasteiger partial charge is 0.411 e. The standard InChI is InChI=1S/C12H11F3N4O3S/c1-6-7(10(20)18-11-19-17-5-22-11)3-4-8(12(13,14)15)9(6)23(2,16)21/h3-5,16H,1-2H3,(H,18,19,20). The van der Waals surface area contributed by atoms with Gasteiger partial charge in [-0.1, -0.05) is 5.10 Å². The summed E-state index contributed by atoms with van der Waals surface area (Å²) in [5, 5.41) is 8.96. The predicted octanol–water partition coefficient (Wildman–Crippen LogP) is 2.68. The normalized spacial score (nSPS) is 14.3. The van der Waals surface area contributed by atoms with E-state index in [9.17, 15) is 22.2 Å². The molecule has 0 spiro atoms. The minimum absolute atomic E-state index is 0.173. The summed E-state index contributed by atoms with van der Waals surface area (Å²) in [5.74, 6) is -0.814. The van der Waals surface area contributed by atoms with E-state index in [2.05, 4.69) is 15.5 Å². The molecular formula is C12H11F3N4O3S. The number of aromatic nitrogens is 2. The quantitative estimate of drug-likeness (QED) is 0.886. The molecule has 0 bridgehead atoms. The van der Waals surface area contributed by atoms with Gasteiger partial charge in [0.25, 0.3) is 5.91 Å². The van der Waals surface area contributed by atoms with Crippen molar-refractivity contribution in [1.29, 1.82) is 4.78 Å². The Morgan fingerprint density at radius 2 is 2.04 bits per heavy atom. The first kappa shape index (κ1) is 16.9. The highest BCUT2D eigenvalue weighted by molar-refractivity contribution is 7.91. The van der Waals surface area contributed by atoms with Crippen LogP contribution in [0.25, 0.3) is 0 Å². The number of nitrogens with zero attached hydrogens (tertiary/aromatic N) is 2. The lowest BCUT2D eigenvalue weighted by molar-refractivity contribution is -0.139. The maximum absolute atomic E-state index is 13.1. The van der Waals surface area contributed by atoms with E-state index in [1.54, 1.807) is 0 Å². The third-order valence-corrected chi connectivity index (χ3v) is 4.23. The minimum atomic E-state index is -4.79. The second kappa shape index (κ2) is 5.65. The highest BCUT2D eigenvalue weighted by Gasteiger charge is 2.37. The van der Waals surface area contributed by atoms with E-state index >= 15 is 0 Å². The van der Waals surface area contributed by atoms with Crippen molar-refractivity contribution >= 4 is 21.7 Å². The summed E-state index contributed by atoms with van der Waals surface area (Å²) in [5.41, 5.74) is -1.57. The zero-order valence-electron chi connectivity index (χ0n) is 11.9. The van der Waals surface area contributed by atoms with Gasteiger partial charge in [0, 0.05) is 11.8 Å². The fourth-order valence-corrected chi connectivity index (χ4v) is 3.35. The molecule has 1 amide bonds. The van der Waals surface area contributed by atoms with Crippen molar-refractivity contribution in [2.75, 3.05) is 11.6 Å². The SMILES string of the molecule is Cc1c(C(=O)Nc2nnco2)ccc(C(F)(F)F)c1S(C)(=N)=O. The second-order valence-electron chi connectivity index (χ2n) is 4.65. The molecule has 2 rings (SSSR count). The van der Waals surface area contributed by atoms with Gasteiger partial charge >= 0.3 is 12.2 Å². The van der Waals surface area contributed by atoms with E-state index in [0.29, 0.717) is 6.07 Å². The number of halogens is 3. The molecule has 1 atom stereocenters. The molecule has 1 heterocycles. The predicted molar refractivity (Wildman–Crippen MR) is 73.5 cm³/mol. The maximum Gasteiger partial charge on any atom is 0.417 e. The van der Waals surface area contributed by atoms with Crippen LogP contribution in [-0.4, -0.2) is 26.6 Å². The van der Waals surface area contributed by atoms with Crippen LogP contribution in [0.5, 0.6) is 0 Å². The van der Waals surface area contributed by atoms with Crippen molar-refractivity contribution in [2.45, 2.75) is 18.0 Å². The molecule has 0 saturated carbocycles. The molecule has 2 aromatic rings. The van der Waals surface area contributed by atoms with E-state index in [4.69, 9.17) is 9.20 Å². The van der Waals surface area contributed by atoms with Gasteiger partial charge in [0.15, 0.2) is 0 Å². The lowest BCUT2D eigenvalue weighted by atomic mass is 10.0. The van der Waals surface area contributed by atoms with Crippen LogP contribution in [0.15, 0.2) is 27.8 Å². The molecule has 2 N–H and O–H groups in total. The number of anilines is 1. The Morgan fingerprint density at radius 1 is 1.39 bits per heavy atom. The summed E-state index contributed by atoms with van der Waals surface area (Å²) in [7, 11) is -3.72. The molecule has 0 fully saturated rings. The molecule has 0 radical (unpaired) electrons. The molecule has 7 nitrogen and oxygen atoms in total. The van der Waals surface area contributed by atoms with Gasteiger partial charge in [0.05, 0.1) is 20.2 Å². The van der Waals surface area contributed by atoms with Gasteiger partial charge in [-0.3, -0.25) is 10.1 Å². The summed E-state index contributed by atoms with van der Waals surface area (Å²) in [4.78, 5) is 11.4. The van der Waals surface area contributed by atoms with Crippen LogP contribution in [0, 0.1) is 11.7 Å². The third-order valence-electron chi connectivity index (χ3n) is 2.93. The monoisotopic (exact) mass is 348 g/mol. The number of amides is 1. The molecule has 0 saturated heterocycles. The van der Waals surface area contributed by atoms with Crippen molar-refractivity contribution in [3.05, 3.63) is 35.2 Å². The summed E-state index contributed by atoms with van der Waals surface area (Å²) >= 11 is 0. The summed E-state index contributed by atoms with van der Waals surface area (Å²) in [6.45, 7) is 1.20. The summed E-state index contributed by atoms with van der Waals surface area (Å²) < 4.78 is 63.4. The van der Waals surface area contributed by atoms with Crippen LogP contribution in [0.3, 0.4) is 0 Å². The average molecular weight is 348 g/mol. The van der Waals surface area contributed by atoms with Gasteiger partial charge in [-0.25, -0.2) is 8.99 Å². The van der Waals surface area contributed by atoms with Crippen molar-refractivity contribution < 1.29 is 26.6 Å². The molecule has 1 aromatic carbocycles. The van der Waals surface area contributed by atoms with E-state index in [1.807, 2.05) is 0 Å². The average Bonchev–Trinajstić information content (AvgIpc) is 2.88. The second-order valence-corrected chi connectivity index (χ2v) is 6.75. The first-order valence-corrected chi connectivity index (χ1v) is 8.00. The molecule has 23 heavy (non-hydrogen) atoms. The van der Waals surface area contributed by atoms with Gasteiger partial charge in [-0.2, -0.15) is 13.2 Å². The van der Waals surface area contributed by atoms with Crippen LogP contribution in [0.2, 0.25) is 0 Å². The van der Waals surface area contributed by atoms with Crippen LogP contribution >= 0.6 is 0 Å². The van der Waals surface area contributed by atoms with Crippen LogP contribution < -0.4 is 5.32 Å². The maximum atomic E-state index is 13.1. The van der Waals surface area contributed by atoms with Crippen molar-refractivity contribution in [3.63, 3.8) is 0 Å². The van der Waals surface area contributed by atoms with E-state index < -0.39 is 32.3 Å². The number of alkyl halides is 3. The van der Waals surface area contributed by atoms with Gasteiger partial charge in [0.1, 0.15) is 0 Å². The largest absolute Gasteiger partial charge is 0.417 e. The van der Waals surface area contributed by atoms with E-state index in [0.717, 1.165) is 18.7 Å². The Balaban J connectivity index is 2.58. The molecular weight excluding hydrogens is 337 g/mol. The molecule has 11 heteroatoms. The highest BCUT2D eigenvalue weighted by Crippen LogP contribution is 2.37. The van der Waals surface area contributed by atoms with Gasteiger partial charge < -0.3 is 4.42 Å². The Morgan fingerprint density at radius 3 is 2.52 bits per heavy atom. The number of carbonyl (C=O) groups excluding carboxylic acids is 1. The number of nitrogens with one attached hydrogen (secondary N) is 2. The van der Waals surface area contributed by atoms with Crippen LogP contribution in [0.1, 0.15) is 21.5 Å². The van der Waals surface area contributed by atoms with Gasteiger partial charge in [0.2, 0.25) is 6.39 Å². The fourth-order valence-electron chi connectivity index (χ4n) is 2.05. The lowest BCUT2D eigenvalue weighted by Crippen LogP contribution is -2.19. The first-order valence-electron chi connectivity index (χ1n) is 6.04. The minimum Gasteiger partial charge on any atom is -0.411 e. The fraction of sp³-hybridized carbons (Fsp3) is 0.250. The molecule has 1 unspecified atom stereocenters. The number of hydrogen-bond acceptors (Lipinski definition) is 6. The number of rotatable bonds is 3. The lowest BCUT2D eigenvalue weighted by Gasteiger charge is -2.17. The number of carbonyl (C=O) groups is 1. The van der Waals surface area contributed by atoms with E-state index in [1.165, 1.54) is 6.92 Å². The number of benzene rings is 1. The zero-order chi connectivity index (χ0) is 17.4. The third kappa shape index (κ3) is 3.50. The van der Waals surface area contributed by atoms with E-state index in [-0.39, 0.29) is 17.1 Å². The Bertz CT molecular complexity index is 845. The number of hydrogen-bond donors (Lipinski definition) is 2. The Hall–Kier alpha value is -2.43. The topological polar surface area (TPSA) is 109 Å². The molecule has 0 aliphatic carbocycles.